The van der Waals surface area contributed by atoms with Gasteiger partial charge in [-0.2, -0.15) is 0 Å². The maximum absolute atomic E-state index is 13.8. The Kier molecular flexibility index (Phi) is 3.37. The number of phenols is 1. The van der Waals surface area contributed by atoms with Crippen LogP contribution in [0.5, 0.6) is 17.2 Å². The van der Waals surface area contributed by atoms with E-state index in [0.29, 0.717) is 22.6 Å². The minimum absolute atomic E-state index is 0.0229. The Balaban J connectivity index is 2.45. The summed E-state index contributed by atoms with van der Waals surface area (Å²) in [4.78, 5) is 0. The second kappa shape index (κ2) is 4.96. The summed E-state index contributed by atoms with van der Waals surface area (Å²) in [5.41, 5.74) is 0.974. The van der Waals surface area contributed by atoms with Gasteiger partial charge in [-0.25, -0.2) is 4.39 Å². The Hall–Kier alpha value is -2.23. The third-order valence-corrected chi connectivity index (χ3v) is 2.67. The quantitative estimate of drug-likeness (QED) is 0.906. The summed E-state index contributed by atoms with van der Waals surface area (Å²) < 4.78 is 23.7. The molecule has 0 unspecified atom stereocenters. The highest BCUT2D eigenvalue weighted by Crippen LogP contribution is 2.33. The van der Waals surface area contributed by atoms with Crippen LogP contribution < -0.4 is 9.47 Å². The second-order valence-electron chi connectivity index (χ2n) is 3.73. The third-order valence-electron chi connectivity index (χ3n) is 2.67. The minimum Gasteiger partial charge on any atom is -0.504 e. The number of hydrogen-bond acceptors (Lipinski definition) is 3. The highest BCUT2D eigenvalue weighted by molar-refractivity contribution is 5.68. The SMILES string of the molecule is COc1ccc(-c2ccc(OC)c(O)c2)c(F)c1. The van der Waals surface area contributed by atoms with Gasteiger partial charge in [0, 0.05) is 11.6 Å². The number of phenolic OH excluding ortho intramolecular Hbond substituents is 1. The zero-order chi connectivity index (χ0) is 13.1. The molecule has 0 saturated heterocycles. The molecule has 4 heteroatoms. The molecular weight excluding hydrogens is 235 g/mol. The lowest BCUT2D eigenvalue weighted by Crippen LogP contribution is -1.89. The van der Waals surface area contributed by atoms with Crippen LogP contribution in [-0.4, -0.2) is 19.3 Å². The van der Waals surface area contributed by atoms with Crippen LogP contribution in [-0.2, 0) is 0 Å². The van der Waals surface area contributed by atoms with Crippen molar-refractivity contribution in [2.75, 3.05) is 14.2 Å². The molecule has 2 rings (SSSR count). The average Bonchev–Trinajstić information content (AvgIpc) is 2.38. The van der Waals surface area contributed by atoms with Gasteiger partial charge in [-0.15, -0.1) is 0 Å². The van der Waals surface area contributed by atoms with Gasteiger partial charge in [-0.05, 0) is 29.8 Å². The lowest BCUT2D eigenvalue weighted by atomic mass is 10.0. The molecule has 2 aromatic rings. The van der Waals surface area contributed by atoms with Crippen LogP contribution in [0.15, 0.2) is 36.4 Å². The van der Waals surface area contributed by atoms with Crippen LogP contribution in [0.25, 0.3) is 11.1 Å². The maximum atomic E-state index is 13.8. The molecule has 0 aliphatic heterocycles. The molecule has 1 N–H and O–H groups in total. The largest absolute Gasteiger partial charge is 0.504 e. The molecule has 0 aromatic heterocycles. The van der Waals surface area contributed by atoms with E-state index in [1.165, 1.54) is 26.4 Å². The Morgan fingerprint density at radius 3 is 2.33 bits per heavy atom. The third kappa shape index (κ3) is 2.22. The molecule has 0 radical (unpaired) electrons. The average molecular weight is 248 g/mol. The summed E-state index contributed by atoms with van der Waals surface area (Å²) in [7, 11) is 2.94. The number of hydrogen-bond donors (Lipinski definition) is 1. The number of methoxy groups -OCH3 is 2. The van der Waals surface area contributed by atoms with Crippen molar-refractivity contribution in [3.05, 3.63) is 42.2 Å². The highest BCUT2D eigenvalue weighted by Gasteiger charge is 2.09. The van der Waals surface area contributed by atoms with E-state index in [0.717, 1.165) is 0 Å². The van der Waals surface area contributed by atoms with E-state index in [-0.39, 0.29) is 5.75 Å². The first-order valence-corrected chi connectivity index (χ1v) is 5.36. The van der Waals surface area contributed by atoms with Crippen LogP contribution in [0.1, 0.15) is 0 Å². The second-order valence-corrected chi connectivity index (χ2v) is 3.73. The van der Waals surface area contributed by atoms with Gasteiger partial charge in [-0.1, -0.05) is 6.07 Å². The first-order valence-electron chi connectivity index (χ1n) is 5.36. The van der Waals surface area contributed by atoms with Crippen molar-refractivity contribution in [3.8, 4) is 28.4 Å². The number of ether oxygens (including phenoxy) is 2. The number of halogens is 1. The molecule has 0 heterocycles. The fourth-order valence-electron chi connectivity index (χ4n) is 1.71. The standard InChI is InChI=1S/C14H13FO3/c1-17-10-4-5-11(12(15)8-10)9-3-6-14(18-2)13(16)7-9/h3-8,16H,1-2H3. The van der Waals surface area contributed by atoms with Crippen LogP contribution in [0.2, 0.25) is 0 Å². The predicted octanol–water partition coefficient (Wildman–Crippen LogP) is 3.22. The molecule has 0 atom stereocenters. The van der Waals surface area contributed by atoms with Gasteiger partial charge in [0.25, 0.3) is 0 Å². The summed E-state index contributed by atoms with van der Waals surface area (Å²) in [6, 6.07) is 9.31. The van der Waals surface area contributed by atoms with E-state index >= 15 is 0 Å². The molecule has 0 aliphatic carbocycles. The van der Waals surface area contributed by atoms with Crippen LogP contribution in [0, 0.1) is 5.82 Å². The van der Waals surface area contributed by atoms with Crippen molar-refractivity contribution in [1.29, 1.82) is 0 Å². The maximum Gasteiger partial charge on any atom is 0.160 e. The number of aromatic hydroxyl groups is 1. The fraction of sp³-hybridized carbons (Fsp3) is 0.143. The Labute approximate surface area is 104 Å². The molecule has 0 aliphatic rings. The van der Waals surface area contributed by atoms with E-state index in [1.54, 1.807) is 24.3 Å². The zero-order valence-corrected chi connectivity index (χ0v) is 10.1. The van der Waals surface area contributed by atoms with E-state index in [9.17, 15) is 9.50 Å². The summed E-state index contributed by atoms with van der Waals surface area (Å²) in [5.74, 6) is 0.380. The van der Waals surface area contributed by atoms with E-state index in [4.69, 9.17) is 9.47 Å². The molecule has 94 valence electrons. The van der Waals surface area contributed by atoms with Gasteiger partial charge >= 0.3 is 0 Å². The Bertz CT molecular complexity index is 567. The first kappa shape index (κ1) is 12.2. The van der Waals surface area contributed by atoms with Crippen molar-refractivity contribution in [1.82, 2.24) is 0 Å². The molecule has 2 aromatic carbocycles. The molecule has 0 amide bonds. The van der Waals surface area contributed by atoms with Crippen molar-refractivity contribution in [2.45, 2.75) is 0 Å². The van der Waals surface area contributed by atoms with Crippen molar-refractivity contribution in [2.24, 2.45) is 0 Å². The summed E-state index contributed by atoms with van der Waals surface area (Å²) in [6.07, 6.45) is 0. The van der Waals surface area contributed by atoms with Crippen LogP contribution in [0.4, 0.5) is 4.39 Å². The lowest BCUT2D eigenvalue weighted by molar-refractivity contribution is 0.373. The monoisotopic (exact) mass is 248 g/mol. The lowest BCUT2D eigenvalue weighted by Gasteiger charge is -2.08. The van der Waals surface area contributed by atoms with E-state index < -0.39 is 5.82 Å². The Morgan fingerprint density at radius 1 is 1.00 bits per heavy atom. The van der Waals surface area contributed by atoms with Gasteiger partial charge in [0.05, 0.1) is 14.2 Å². The summed E-state index contributed by atoms with van der Waals surface area (Å²) >= 11 is 0. The molecule has 3 nitrogen and oxygen atoms in total. The summed E-state index contributed by atoms with van der Waals surface area (Å²) in [5, 5.41) is 9.67. The summed E-state index contributed by atoms with van der Waals surface area (Å²) in [6.45, 7) is 0. The number of benzene rings is 2. The Morgan fingerprint density at radius 2 is 1.78 bits per heavy atom. The van der Waals surface area contributed by atoms with Gasteiger partial charge in [-0.3, -0.25) is 0 Å². The van der Waals surface area contributed by atoms with Crippen molar-refractivity contribution in [3.63, 3.8) is 0 Å². The van der Waals surface area contributed by atoms with E-state index in [1.807, 2.05) is 0 Å². The van der Waals surface area contributed by atoms with Gasteiger partial charge in [0.15, 0.2) is 11.5 Å². The molecule has 18 heavy (non-hydrogen) atoms. The topological polar surface area (TPSA) is 38.7 Å². The van der Waals surface area contributed by atoms with Crippen LogP contribution in [0.3, 0.4) is 0 Å². The molecule has 0 fully saturated rings. The number of rotatable bonds is 3. The molecular formula is C14H13FO3. The molecule has 0 spiro atoms. The first-order chi connectivity index (χ1) is 8.65. The molecule has 0 saturated carbocycles. The van der Waals surface area contributed by atoms with E-state index in [2.05, 4.69) is 0 Å². The van der Waals surface area contributed by atoms with Gasteiger partial charge in [0.1, 0.15) is 11.6 Å². The van der Waals surface area contributed by atoms with Crippen molar-refractivity contribution < 1.29 is 19.0 Å². The van der Waals surface area contributed by atoms with Gasteiger partial charge < -0.3 is 14.6 Å². The van der Waals surface area contributed by atoms with Crippen molar-refractivity contribution >= 4 is 0 Å². The van der Waals surface area contributed by atoms with Crippen LogP contribution >= 0.6 is 0 Å². The fourth-order valence-corrected chi connectivity index (χ4v) is 1.71. The predicted molar refractivity (Wildman–Crippen MR) is 66.6 cm³/mol. The normalized spacial score (nSPS) is 10.2. The highest BCUT2D eigenvalue weighted by atomic mass is 19.1. The van der Waals surface area contributed by atoms with Gasteiger partial charge in [0.2, 0.25) is 0 Å². The zero-order valence-electron chi connectivity index (χ0n) is 10.1. The minimum atomic E-state index is -0.404. The smallest absolute Gasteiger partial charge is 0.160 e. The molecule has 0 bridgehead atoms.